The number of anilines is 1. The molecule has 2 N–H and O–H groups in total. The highest BCUT2D eigenvalue weighted by atomic mass is 32.2. The van der Waals surface area contributed by atoms with Crippen LogP contribution >= 0.6 is 0 Å². The van der Waals surface area contributed by atoms with Gasteiger partial charge in [-0.3, -0.25) is 14.6 Å². The molecule has 1 heterocycles. The standard InChI is InChI=1S/C23H23N3O5S/c1-17(27)19-7-9-22(10-8-19)32(29,30)25-13-11-23(28)26-20-5-2-6-21(14-20)31-16-18-4-3-12-24-15-18/h2-10,12,14-15,25H,11,13,16H2,1H3,(H,26,28). The zero-order valence-corrected chi connectivity index (χ0v) is 18.3. The van der Waals surface area contributed by atoms with Crippen LogP contribution in [0.15, 0.2) is 78.0 Å². The van der Waals surface area contributed by atoms with Gasteiger partial charge >= 0.3 is 0 Å². The summed E-state index contributed by atoms with van der Waals surface area (Å²) in [6, 6.07) is 16.3. The minimum atomic E-state index is -3.78. The molecule has 0 aliphatic carbocycles. The topological polar surface area (TPSA) is 114 Å². The number of hydrogen-bond donors (Lipinski definition) is 2. The van der Waals surface area contributed by atoms with E-state index < -0.39 is 10.0 Å². The van der Waals surface area contributed by atoms with Gasteiger partial charge in [0.2, 0.25) is 15.9 Å². The van der Waals surface area contributed by atoms with Crippen LogP contribution in [0, 0.1) is 0 Å². The summed E-state index contributed by atoms with van der Waals surface area (Å²) in [6.07, 6.45) is 3.35. The molecule has 9 heteroatoms. The molecule has 32 heavy (non-hydrogen) atoms. The van der Waals surface area contributed by atoms with Gasteiger partial charge in [-0.1, -0.05) is 24.3 Å². The van der Waals surface area contributed by atoms with E-state index in [2.05, 4.69) is 15.0 Å². The van der Waals surface area contributed by atoms with Gasteiger partial charge in [0.15, 0.2) is 5.78 Å². The van der Waals surface area contributed by atoms with E-state index in [-0.39, 0.29) is 29.6 Å². The number of benzene rings is 2. The molecule has 0 aliphatic heterocycles. The Morgan fingerprint density at radius 1 is 1.03 bits per heavy atom. The third kappa shape index (κ3) is 6.73. The average molecular weight is 454 g/mol. The molecule has 3 aromatic rings. The van der Waals surface area contributed by atoms with Gasteiger partial charge in [-0.05, 0) is 37.3 Å². The van der Waals surface area contributed by atoms with Gasteiger partial charge < -0.3 is 10.1 Å². The molecule has 0 bridgehead atoms. The van der Waals surface area contributed by atoms with Crippen molar-refractivity contribution < 1.29 is 22.7 Å². The number of nitrogens with zero attached hydrogens (tertiary/aromatic N) is 1. The second-order valence-corrected chi connectivity index (χ2v) is 8.72. The van der Waals surface area contributed by atoms with E-state index in [0.29, 0.717) is 23.6 Å². The first-order valence-corrected chi connectivity index (χ1v) is 11.3. The SMILES string of the molecule is CC(=O)c1ccc(S(=O)(=O)NCCC(=O)Nc2cccc(OCc3cccnc3)c2)cc1. The molecule has 0 saturated heterocycles. The lowest BCUT2D eigenvalue weighted by Crippen LogP contribution is -2.27. The number of Topliss-reactive ketones (excluding diaryl/α,β-unsaturated/α-hetero) is 1. The van der Waals surface area contributed by atoms with E-state index in [1.807, 2.05) is 12.1 Å². The summed E-state index contributed by atoms with van der Waals surface area (Å²) in [7, 11) is -3.78. The Morgan fingerprint density at radius 2 is 1.81 bits per heavy atom. The molecule has 2 aromatic carbocycles. The molecule has 0 radical (unpaired) electrons. The van der Waals surface area contributed by atoms with Crippen LogP contribution < -0.4 is 14.8 Å². The van der Waals surface area contributed by atoms with Crippen LogP contribution in [0.2, 0.25) is 0 Å². The number of rotatable bonds is 10. The largest absolute Gasteiger partial charge is 0.489 e. The zero-order chi connectivity index (χ0) is 23.0. The lowest BCUT2D eigenvalue weighted by Gasteiger charge is -2.10. The normalized spacial score (nSPS) is 11.0. The number of nitrogens with one attached hydrogen (secondary N) is 2. The number of carbonyl (C=O) groups excluding carboxylic acids is 2. The van der Waals surface area contributed by atoms with E-state index >= 15 is 0 Å². The first-order valence-electron chi connectivity index (χ1n) is 9.86. The third-order valence-corrected chi connectivity index (χ3v) is 5.94. The highest BCUT2D eigenvalue weighted by Crippen LogP contribution is 2.19. The number of aromatic nitrogens is 1. The first kappa shape index (κ1) is 23.1. The molecule has 1 aromatic heterocycles. The molecule has 8 nitrogen and oxygen atoms in total. The highest BCUT2D eigenvalue weighted by Gasteiger charge is 2.15. The summed E-state index contributed by atoms with van der Waals surface area (Å²) >= 11 is 0. The predicted molar refractivity (Wildman–Crippen MR) is 120 cm³/mol. The number of hydrogen-bond acceptors (Lipinski definition) is 6. The van der Waals surface area contributed by atoms with Crippen molar-refractivity contribution >= 4 is 27.4 Å². The van der Waals surface area contributed by atoms with Gasteiger partial charge in [0.05, 0.1) is 4.90 Å². The number of pyridine rings is 1. The van der Waals surface area contributed by atoms with Gasteiger partial charge in [-0.2, -0.15) is 0 Å². The van der Waals surface area contributed by atoms with E-state index in [1.54, 1.807) is 36.7 Å². The monoisotopic (exact) mass is 453 g/mol. The molecular weight excluding hydrogens is 430 g/mol. The predicted octanol–water partition coefficient (Wildman–Crippen LogP) is 3.17. The fourth-order valence-corrected chi connectivity index (χ4v) is 3.82. The number of carbonyl (C=O) groups is 2. The van der Waals surface area contributed by atoms with Gasteiger partial charge in [-0.15, -0.1) is 0 Å². The fraction of sp³-hybridized carbons (Fsp3) is 0.174. The lowest BCUT2D eigenvalue weighted by molar-refractivity contribution is -0.116. The van der Waals surface area contributed by atoms with Gasteiger partial charge in [0, 0.05) is 48.2 Å². The quantitative estimate of drug-likeness (QED) is 0.456. The van der Waals surface area contributed by atoms with Gasteiger partial charge in [0.1, 0.15) is 12.4 Å². The molecule has 0 unspecified atom stereocenters. The zero-order valence-electron chi connectivity index (χ0n) is 17.4. The Labute approximate surface area is 186 Å². The lowest BCUT2D eigenvalue weighted by atomic mass is 10.2. The van der Waals surface area contributed by atoms with E-state index in [4.69, 9.17) is 4.74 Å². The maximum Gasteiger partial charge on any atom is 0.240 e. The minimum Gasteiger partial charge on any atom is -0.489 e. The van der Waals surface area contributed by atoms with Crippen molar-refractivity contribution in [1.29, 1.82) is 0 Å². The average Bonchev–Trinajstić information content (AvgIpc) is 2.78. The van der Waals surface area contributed by atoms with Crippen molar-refractivity contribution in [3.05, 3.63) is 84.2 Å². The number of sulfonamides is 1. The molecule has 0 fully saturated rings. The molecule has 3 rings (SSSR count). The summed E-state index contributed by atoms with van der Waals surface area (Å²) < 4.78 is 32.8. The fourth-order valence-electron chi connectivity index (χ4n) is 2.79. The molecule has 0 spiro atoms. The van der Waals surface area contributed by atoms with Crippen molar-refractivity contribution in [2.45, 2.75) is 24.8 Å². The van der Waals surface area contributed by atoms with Crippen LogP contribution in [-0.2, 0) is 21.4 Å². The number of amides is 1. The van der Waals surface area contributed by atoms with E-state index in [1.165, 1.54) is 31.2 Å². The third-order valence-electron chi connectivity index (χ3n) is 4.46. The molecular formula is C23H23N3O5S. The summed E-state index contributed by atoms with van der Waals surface area (Å²) in [6.45, 7) is 1.68. The van der Waals surface area contributed by atoms with Crippen molar-refractivity contribution in [2.75, 3.05) is 11.9 Å². The Hall–Kier alpha value is -3.56. The molecule has 0 atom stereocenters. The van der Waals surface area contributed by atoms with Gasteiger partial charge in [-0.25, -0.2) is 13.1 Å². The minimum absolute atomic E-state index is 0.0291. The van der Waals surface area contributed by atoms with Crippen LogP contribution in [0.4, 0.5) is 5.69 Å². The second-order valence-electron chi connectivity index (χ2n) is 6.95. The second kappa shape index (κ2) is 10.7. The van der Waals surface area contributed by atoms with Crippen LogP contribution in [0.1, 0.15) is 29.3 Å². The molecule has 166 valence electrons. The number of ketones is 1. The van der Waals surface area contributed by atoms with Crippen molar-refractivity contribution in [2.24, 2.45) is 0 Å². The smallest absolute Gasteiger partial charge is 0.240 e. The molecule has 0 saturated carbocycles. The Kier molecular flexibility index (Phi) is 7.69. The molecule has 1 amide bonds. The number of ether oxygens (including phenoxy) is 1. The van der Waals surface area contributed by atoms with Crippen molar-refractivity contribution in [1.82, 2.24) is 9.71 Å². The van der Waals surface area contributed by atoms with Crippen LogP contribution in [0.5, 0.6) is 5.75 Å². The Morgan fingerprint density at radius 3 is 2.50 bits per heavy atom. The Balaban J connectivity index is 1.48. The summed E-state index contributed by atoms with van der Waals surface area (Å²) in [5.74, 6) is 0.0931. The van der Waals surface area contributed by atoms with Crippen LogP contribution in [0.3, 0.4) is 0 Å². The van der Waals surface area contributed by atoms with E-state index in [0.717, 1.165) is 5.56 Å². The summed E-state index contributed by atoms with van der Waals surface area (Å²) in [4.78, 5) is 27.6. The first-order chi connectivity index (χ1) is 15.3. The van der Waals surface area contributed by atoms with Crippen LogP contribution in [0.25, 0.3) is 0 Å². The van der Waals surface area contributed by atoms with Crippen molar-refractivity contribution in [3.63, 3.8) is 0 Å². The summed E-state index contributed by atoms with van der Waals surface area (Å²) in [5, 5.41) is 2.72. The summed E-state index contributed by atoms with van der Waals surface area (Å²) in [5.41, 5.74) is 1.89. The molecule has 0 aliphatic rings. The van der Waals surface area contributed by atoms with Gasteiger partial charge in [0.25, 0.3) is 0 Å². The Bertz CT molecular complexity index is 1180. The maximum absolute atomic E-state index is 12.3. The van der Waals surface area contributed by atoms with E-state index in [9.17, 15) is 18.0 Å². The maximum atomic E-state index is 12.3. The van der Waals surface area contributed by atoms with Crippen LogP contribution in [-0.4, -0.2) is 31.6 Å². The van der Waals surface area contributed by atoms with Crippen molar-refractivity contribution in [3.8, 4) is 5.75 Å². The highest BCUT2D eigenvalue weighted by molar-refractivity contribution is 7.89.